The number of hydrogen-bond donors (Lipinski definition) is 7. The summed E-state index contributed by atoms with van der Waals surface area (Å²) in [5, 5.41) is 69.9. The maximum absolute atomic E-state index is 10.6. The van der Waals surface area contributed by atoms with Gasteiger partial charge in [-0.15, -0.1) is 0 Å². The summed E-state index contributed by atoms with van der Waals surface area (Å²) < 4.78 is 16.9. The molecule has 7 N–H and O–H groups in total. The minimum Gasteiger partial charge on any atom is -0.396 e. The zero-order chi connectivity index (χ0) is 22.6. The van der Waals surface area contributed by atoms with Crippen LogP contribution in [0.4, 0.5) is 0 Å². The molecule has 2 rings (SSSR count). The molecular weight excluding hydrogens is 442 g/mol. The first-order valence-corrected chi connectivity index (χ1v) is 11.0. The first-order chi connectivity index (χ1) is 14.2. The van der Waals surface area contributed by atoms with E-state index in [-0.39, 0.29) is 0 Å². The van der Waals surface area contributed by atoms with Gasteiger partial charge in [-0.05, 0) is 13.8 Å². The van der Waals surface area contributed by atoms with Crippen molar-refractivity contribution in [3.63, 3.8) is 0 Å². The number of hydrogen-bond acceptors (Lipinski definition) is 12. The Balaban J connectivity index is 2.12. The number of aliphatic hydroxyl groups excluding tert-OH is 7. The Hall–Kier alpha value is -0.160. The lowest BCUT2D eigenvalue weighted by Gasteiger charge is -2.46. The van der Waals surface area contributed by atoms with Gasteiger partial charge in [-0.2, -0.15) is 0 Å². The molecule has 0 amide bonds. The maximum Gasteiger partial charge on any atom is 0.186 e. The quantitative estimate of drug-likeness (QED) is 0.189. The first-order valence-electron chi connectivity index (χ1n) is 9.74. The molecular formula is C17H31NO10S2. The highest BCUT2D eigenvalue weighted by atomic mass is 32.2. The van der Waals surface area contributed by atoms with Crippen molar-refractivity contribution in [3.05, 3.63) is 0 Å². The molecule has 0 radical (unpaired) electrons. The molecule has 0 spiro atoms. The van der Waals surface area contributed by atoms with E-state index in [1.165, 1.54) is 0 Å². The van der Waals surface area contributed by atoms with Crippen LogP contribution in [0.25, 0.3) is 0 Å². The van der Waals surface area contributed by atoms with Gasteiger partial charge in [-0.3, -0.25) is 0 Å². The van der Waals surface area contributed by atoms with Gasteiger partial charge in [0.2, 0.25) is 0 Å². The number of rotatable bonds is 7. The summed E-state index contributed by atoms with van der Waals surface area (Å²) >= 11 is 6.38. The zero-order valence-corrected chi connectivity index (χ0v) is 18.4. The summed E-state index contributed by atoms with van der Waals surface area (Å²) in [6, 6.07) is 0. The van der Waals surface area contributed by atoms with E-state index < -0.39 is 73.8 Å². The molecule has 2 heterocycles. The van der Waals surface area contributed by atoms with E-state index in [1.807, 2.05) is 18.7 Å². The molecule has 0 aromatic rings. The number of aliphatic hydroxyl groups is 7. The molecule has 0 aromatic heterocycles. The van der Waals surface area contributed by atoms with Gasteiger partial charge in [0.15, 0.2) is 12.6 Å². The zero-order valence-electron chi connectivity index (χ0n) is 16.7. The highest BCUT2D eigenvalue weighted by Gasteiger charge is 2.50. The average Bonchev–Trinajstić information content (AvgIpc) is 2.72. The number of thioether (sulfide) groups is 1. The molecule has 0 bridgehead atoms. The van der Waals surface area contributed by atoms with Crippen molar-refractivity contribution in [1.29, 1.82) is 0 Å². The van der Waals surface area contributed by atoms with Gasteiger partial charge in [0.05, 0.1) is 25.2 Å². The van der Waals surface area contributed by atoms with Gasteiger partial charge in [-0.1, -0.05) is 24.0 Å². The molecule has 2 fully saturated rings. The summed E-state index contributed by atoms with van der Waals surface area (Å²) in [4.78, 5) is 1.87. The molecule has 10 unspecified atom stereocenters. The third kappa shape index (κ3) is 5.60. The Morgan fingerprint density at radius 2 is 1.57 bits per heavy atom. The minimum absolute atomic E-state index is 0.462. The summed E-state index contributed by atoms with van der Waals surface area (Å²) in [5.41, 5.74) is -0.969. The maximum atomic E-state index is 10.6. The van der Waals surface area contributed by atoms with E-state index in [0.29, 0.717) is 17.4 Å². The second kappa shape index (κ2) is 11.6. The summed E-state index contributed by atoms with van der Waals surface area (Å²) in [6.07, 6.45) is -11.8. The molecule has 0 saturated carbocycles. The first kappa shape index (κ1) is 26.1. The second-order valence-electron chi connectivity index (χ2n) is 7.09. The van der Waals surface area contributed by atoms with Crippen molar-refractivity contribution in [2.45, 2.75) is 68.5 Å². The fourth-order valence-corrected chi connectivity index (χ4v) is 5.00. The lowest BCUT2D eigenvalue weighted by Crippen LogP contribution is -2.63. The fraction of sp³-hybridized carbons (Fsp3) is 0.941. The van der Waals surface area contributed by atoms with Crippen LogP contribution in [0.3, 0.4) is 0 Å². The molecule has 10 atom stereocenters. The average molecular weight is 474 g/mol. The predicted molar refractivity (Wildman–Crippen MR) is 109 cm³/mol. The Labute approximate surface area is 184 Å². The van der Waals surface area contributed by atoms with Gasteiger partial charge < -0.3 is 54.9 Å². The van der Waals surface area contributed by atoms with E-state index in [2.05, 4.69) is 0 Å². The van der Waals surface area contributed by atoms with E-state index in [0.717, 1.165) is 11.8 Å². The van der Waals surface area contributed by atoms with Crippen LogP contribution >= 0.6 is 24.0 Å². The van der Waals surface area contributed by atoms with E-state index in [9.17, 15) is 35.7 Å². The largest absolute Gasteiger partial charge is 0.396 e. The molecule has 13 heteroatoms. The number of thiocarbonyl (C=S) groups is 1. The smallest absolute Gasteiger partial charge is 0.186 e. The standard InChI is InChI=1S/C17H31NO10S2/c1-3-18(4-2)17(29)30-16-12(24)10(22)13(8(6-20)26-16)27-15-7(5-19)9(21)11(23)14(25)28-15/h7-16,19-25H,3-6H2,1-2H3. The minimum atomic E-state index is -1.79. The van der Waals surface area contributed by atoms with Crippen molar-refractivity contribution in [2.24, 2.45) is 5.92 Å². The molecule has 11 nitrogen and oxygen atoms in total. The topological polar surface area (TPSA) is 173 Å². The molecule has 176 valence electrons. The van der Waals surface area contributed by atoms with Crippen LogP contribution in [0, 0.1) is 5.92 Å². The fourth-order valence-electron chi connectivity index (χ4n) is 3.36. The monoisotopic (exact) mass is 473 g/mol. The summed E-state index contributed by atoms with van der Waals surface area (Å²) in [5.74, 6) is -1.14. The van der Waals surface area contributed by atoms with Crippen LogP contribution in [0.15, 0.2) is 0 Å². The highest BCUT2D eigenvalue weighted by molar-refractivity contribution is 8.23. The molecule has 30 heavy (non-hydrogen) atoms. The van der Waals surface area contributed by atoms with Crippen LogP contribution < -0.4 is 0 Å². The second-order valence-corrected chi connectivity index (χ2v) is 8.82. The molecule has 2 saturated heterocycles. The third-order valence-electron chi connectivity index (χ3n) is 5.27. The normalized spacial score (nSPS) is 42.2. The van der Waals surface area contributed by atoms with Crippen LogP contribution in [-0.4, -0.2) is 126 Å². The molecule has 2 aliphatic heterocycles. The Kier molecular flexibility index (Phi) is 10.1. The van der Waals surface area contributed by atoms with Crippen LogP contribution in [-0.2, 0) is 14.2 Å². The highest BCUT2D eigenvalue weighted by Crippen LogP contribution is 2.34. The molecule has 2 aliphatic rings. The van der Waals surface area contributed by atoms with Gasteiger partial charge in [0.1, 0.15) is 40.3 Å². The number of ether oxygens (including phenoxy) is 3. The lowest BCUT2D eigenvalue weighted by atomic mass is 9.94. The Morgan fingerprint density at radius 3 is 2.10 bits per heavy atom. The summed E-state index contributed by atoms with van der Waals surface area (Å²) in [6.45, 7) is 3.93. The van der Waals surface area contributed by atoms with Crippen molar-refractivity contribution in [2.75, 3.05) is 26.3 Å². The molecule has 0 aromatic carbocycles. The summed E-state index contributed by atoms with van der Waals surface area (Å²) in [7, 11) is 0. The predicted octanol–water partition coefficient (Wildman–Crippen LogP) is -2.82. The lowest BCUT2D eigenvalue weighted by molar-refractivity contribution is -0.359. The van der Waals surface area contributed by atoms with E-state index in [1.54, 1.807) is 0 Å². The van der Waals surface area contributed by atoms with Gasteiger partial charge in [-0.25, -0.2) is 0 Å². The van der Waals surface area contributed by atoms with Crippen molar-refractivity contribution in [3.8, 4) is 0 Å². The number of nitrogens with zero attached hydrogens (tertiary/aromatic N) is 1. The van der Waals surface area contributed by atoms with Crippen LogP contribution in [0.1, 0.15) is 13.8 Å². The van der Waals surface area contributed by atoms with Crippen molar-refractivity contribution in [1.82, 2.24) is 4.90 Å². The third-order valence-corrected chi connectivity index (χ3v) is 6.89. The SMILES string of the molecule is CCN(CC)C(=S)SC1OC(CO)C(OC2OC(O)C(O)C(O)C2CO)C(O)C1O. The van der Waals surface area contributed by atoms with E-state index in [4.69, 9.17) is 26.4 Å². The van der Waals surface area contributed by atoms with Gasteiger partial charge in [0, 0.05) is 13.1 Å². The van der Waals surface area contributed by atoms with Crippen molar-refractivity contribution < 1.29 is 50.0 Å². The Bertz CT molecular complexity index is 555. The van der Waals surface area contributed by atoms with Crippen LogP contribution in [0.5, 0.6) is 0 Å². The van der Waals surface area contributed by atoms with Gasteiger partial charge in [0.25, 0.3) is 0 Å². The van der Waals surface area contributed by atoms with Crippen LogP contribution in [0.2, 0.25) is 0 Å². The van der Waals surface area contributed by atoms with E-state index >= 15 is 0 Å². The molecule has 0 aliphatic carbocycles. The van der Waals surface area contributed by atoms with Gasteiger partial charge >= 0.3 is 0 Å². The Morgan fingerprint density at radius 1 is 0.933 bits per heavy atom. The van der Waals surface area contributed by atoms with Crippen molar-refractivity contribution >= 4 is 28.3 Å².